The van der Waals surface area contributed by atoms with Gasteiger partial charge in [-0.05, 0) is 44.2 Å². The number of aliphatic hydroxyl groups is 1. The van der Waals surface area contributed by atoms with Crippen LogP contribution >= 0.6 is 0 Å². The van der Waals surface area contributed by atoms with Gasteiger partial charge < -0.3 is 14.8 Å². The average molecular weight is 342 g/mol. The molecule has 6 heteroatoms. The molecule has 0 bridgehead atoms. The summed E-state index contributed by atoms with van der Waals surface area (Å²) in [7, 11) is 0. The van der Waals surface area contributed by atoms with Gasteiger partial charge >= 0.3 is 0 Å². The molecular weight excluding hydrogens is 323 g/mol. The molecule has 0 aliphatic carbocycles. The molecule has 0 aliphatic rings. The molecule has 25 heavy (non-hydrogen) atoms. The second-order valence-corrected chi connectivity index (χ2v) is 6.11. The molecule has 0 saturated heterocycles. The van der Waals surface area contributed by atoms with Crippen LogP contribution in [0.5, 0.6) is 0 Å². The Balaban J connectivity index is 1.78. The number of aryl methyl sites for hydroxylation is 1. The number of hydrogen-bond acceptors (Lipinski definition) is 4. The van der Waals surface area contributed by atoms with E-state index in [4.69, 9.17) is 4.42 Å². The van der Waals surface area contributed by atoms with E-state index in [0.29, 0.717) is 34.3 Å². The first-order chi connectivity index (χ1) is 11.9. The van der Waals surface area contributed by atoms with Crippen molar-refractivity contribution in [1.29, 1.82) is 0 Å². The number of nitrogens with zero attached hydrogens (tertiary/aromatic N) is 1. The van der Waals surface area contributed by atoms with Crippen LogP contribution < -0.4 is 5.32 Å². The van der Waals surface area contributed by atoms with Crippen LogP contribution in [0.3, 0.4) is 0 Å². The molecule has 0 fully saturated rings. The first kappa shape index (κ1) is 17.1. The Hall–Kier alpha value is -2.73. The molecule has 3 rings (SSSR count). The fourth-order valence-corrected chi connectivity index (χ4v) is 2.81. The summed E-state index contributed by atoms with van der Waals surface area (Å²) >= 11 is 0. The van der Waals surface area contributed by atoms with Gasteiger partial charge in [-0.25, -0.2) is 4.39 Å². The summed E-state index contributed by atoms with van der Waals surface area (Å²) in [5.41, 5.74) is 1.50. The summed E-state index contributed by atoms with van der Waals surface area (Å²) in [4.78, 5) is 16.9. The first-order valence-corrected chi connectivity index (χ1v) is 8.03. The lowest BCUT2D eigenvalue weighted by Gasteiger charge is -2.17. The molecule has 130 valence electrons. The summed E-state index contributed by atoms with van der Waals surface area (Å²) < 4.78 is 18.6. The molecule has 0 radical (unpaired) electrons. The smallest absolute Gasteiger partial charge is 0.252 e. The number of furan rings is 1. The highest BCUT2D eigenvalue weighted by molar-refractivity contribution is 6.06. The highest BCUT2D eigenvalue weighted by Crippen LogP contribution is 2.21. The molecule has 3 aromatic rings. The Bertz CT molecular complexity index is 888. The molecule has 5 nitrogen and oxygen atoms in total. The zero-order valence-electron chi connectivity index (χ0n) is 14.0. The minimum absolute atomic E-state index is 0.281. The molecule has 2 heterocycles. The number of carbonyl (C=O) groups is 1. The Morgan fingerprint density at radius 1 is 1.36 bits per heavy atom. The number of nitrogens with one attached hydrogen (secondary N) is 1. The van der Waals surface area contributed by atoms with Crippen molar-refractivity contribution in [3.05, 3.63) is 65.5 Å². The Morgan fingerprint density at radius 3 is 2.88 bits per heavy atom. The van der Waals surface area contributed by atoms with Gasteiger partial charge in [0.05, 0.1) is 17.3 Å². The van der Waals surface area contributed by atoms with Gasteiger partial charge in [-0.3, -0.25) is 9.78 Å². The minimum atomic E-state index is -0.796. The third kappa shape index (κ3) is 3.85. The van der Waals surface area contributed by atoms with Crippen molar-refractivity contribution in [3.8, 4) is 0 Å². The van der Waals surface area contributed by atoms with E-state index in [9.17, 15) is 14.3 Å². The Morgan fingerprint density at radius 2 is 2.16 bits per heavy atom. The summed E-state index contributed by atoms with van der Waals surface area (Å²) in [5, 5.41) is 13.6. The summed E-state index contributed by atoms with van der Waals surface area (Å²) in [6, 6.07) is 8.94. The van der Waals surface area contributed by atoms with Gasteiger partial charge in [-0.1, -0.05) is 0 Å². The number of hydrogen-bond donors (Lipinski definition) is 2. The highest BCUT2D eigenvalue weighted by Gasteiger charge is 2.19. The van der Waals surface area contributed by atoms with Crippen molar-refractivity contribution in [2.75, 3.05) is 0 Å². The molecule has 0 saturated carbocycles. The van der Waals surface area contributed by atoms with Crippen LogP contribution in [0.25, 0.3) is 10.9 Å². The molecule has 1 aromatic carbocycles. The fourth-order valence-electron chi connectivity index (χ4n) is 2.81. The zero-order chi connectivity index (χ0) is 18.0. The minimum Gasteiger partial charge on any atom is -0.467 e. The van der Waals surface area contributed by atoms with E-state index >= 15 is 0 Å². The summed E-state index contributed by atoms with van der Waals surface area (Å²) in [6.07, 6.45) is 1.01. The number of pyridine rings is 1. The highest BCUT2D eigenvalue weighted by atomic mass is 19.1. The fraction of sp³-hybridized carbons (Fsp3) is 0.263. The van der Waals surface area contributed by atoms with E-state index in [-0.39, 0.29) is 11.9 Å². The molecular formula is C19H19FN2O3. The second kappa shape index (κ2) is 7.03. The van der Waals surface area contributed by atoms with Crippen LogP contribution in [0.15, 0.2) is 47.1 Å². The van der Waals surface area contributed by atoms with Crippen molar-refractivity contribution >= 4 is 16.8 Å². The predicted molar refractivity (Wildman–Crippen MR) is 91.7 cm³/mol. The monoisotopic (exact) mass is 342 g/mol. The lowest BCUT2D eigenvalue weighted by atomic mass is 10.0. The van der Waals surface area contributed by atoms with Gasteiger partial charge in [-0.15, -0.1) is 0 Å². The largest absolute Gasteiger partial charge is 0.467 e. The number of halogens is 1. The molecule has 0 aliphatic heterocycles. The topological polar surface area (TPSA) is 75.4 Å². The van der Waals surface area contributed by atoms with Gasteiger partial charge in [0.25, 0.3) is 5.91 Å². The summed E-state index contributed by atoms with van der Waals surface area (Å²) in [5.74, 6) is -0.227. The number of aliphatic hydroxyl groups excluding tert-OH is 1. The number of amides is 1. The van der Waals surface area contributed by atoms with Crippen LogP contribution in [0, 0.1) is 12.7 Å². The zero-order valence-corrected chi connectivity index (χ0v) is 14.0. The van der Waals surface area contributed by atoms with Crippen molar-refractivity contribution in [3.63, 3.8) is 0 Å². The predicted octanol–water partition coefficient (Wildman–Crippen LogP) is 3.52. The third-order valence-corrected chi connectivity index (χ3v) is 3.97. The lowest BCUT2D eigenvalue weighted by Crippen LogP contribution is -2.34. The molecule has 2 aromatic heterocycles. The van der Waals surface area contributed by atoms with Crippen LogP contribution in [0.2, 0.25) is 0 Å². The van der Waals surface area contributed by atoms with Crippen molar-refractivity contribution < 1.29 is 18.7 Å². The van der Waals surface area contributed by atoms with Gasteiger partial charge in [0, 0.05) is 29.6 Å². The van der Waals surface area contributed by atoms with E-state index < -0.39 is 11.9 Å². The van der Waals surface area contributed by atoms with Crippen LogP contribution in [0.1, 0.15) is 41.3 Å². The van der Waals surface area contributed by atoms with E-state index in [1.54, 1.807) is 38.1 Å². The van der Waals surface area contributed by atoms with Crippen molar-refractivity contribution in [2.24, 2.45) is 0 Å². The van der Waals surface area contributed by atoms with Crippen LogP contribution in [0.4, 0.5) is 4.39 Å². The van der Waals surface area contributed by atoms with Gasteiger partial charge in [0.15, 0.2) is 0 Å². The van der Waals surface area contributed by atoms with E-state index in [0.717, 1.165) is 0 Å². The summed E-state index contributed by atoms with van der Waals surface area (Å²) in [6.45, 7) is 3.56. The lowest BCUT2D eigenvalue weighted by molar-refractivity contribution is 0.0904. The second-order valence-electron chi connectivity index (χ2n) is 6.11. The van der Waals surface area contributed by atoms with Crippen LogP contribution in [-0.2, 0) is 0 Å². The Kier molecular flexibility index (Phi) is 4.81. The average Bonchev–Trinajstić information content (AvgIpc) is 3.07. The van der Waals surface area contributed by atoms with E-state index in [1.807, 2.05) is 0 Å². The van der Waals surface area contributed by atoms with Crippen LogP contribution in [-0.4, -0.2) is 22.0 Å². The number of rotatable bonds is 5. The number of aromatic nitrogens is 1. The molecule has 1 amide bonds. The van der Waals surface area contributed by atoms with Gasteiger partial charge in [0.1, 0.15) is 17.7 Å². The van der Waals surface area contributed by atoms with Crippen molar-refractivity contribution in [1.82, 2.24) is 10.3 Å². The van der Waals surface area contributed by atoms with Gasteiger partial charge in [-0.2, -0.15) is 0 Å². The first-order valence-electron chi connectivity index (χ1n) is 8.03. The molecule has 2 atom stereocenters. The maximum atomic E-state index is 13.4. The maximum absolute atomic E-state index is 13.4. The Labute approximate surface area is 144 Å². The molecule has 2 unspecified atom stereocenters. The quantitative estimate of drug-likeness (QED) is 0.744. The maximum Gasteiger partial charge on any atom is 0.252 e. The van der Waals surface area contributed by atoms with Crippen molar-refractivity contribution in [2.45, 2.75) is 32.4 Å². The standard InChI is InChI=1S/C19H19FN2O3/c1-11-8-15(14-6-5-13(20)10-16(14)21-11)19(24)22-12(2)9-17(23)18-4-3-7-25-18/h3-8,10,12,17,23H,9H2,1-2H3,(H,22,24). The number of benzene rings is 1. The number of fused-ring (bicyclic) bond motifs is 1. The molecule has 0 spiro atoms. The third-order valence-electron chi connectivity index (χ3n) is 3.97. The number of carbonyl (C=O) groups excluding carboxylic acids is 1. The van der Waals surface area contributed by atoms with E-state index in [1.165, 1.54) is 18.4 Å². The van der Waals surface area contributed by atoms with E-state index in [2.05, 4.69) is 10.3 Å². The molecule has 2 N–H and O–H groups in total. The van der Waals surface area contributed by atoms with Gasteiger partial charge in [0.2, 0.25) is 0 Å². The SMILES string of the molecule is Cc1cc(C(=O)NC(C)CC(O)c2ccco2)c2ccc(F)cc2n1. The normalized spacial score (nSPS) is 13.6.